The smallest absolute Gasteiger partial charge is 0.338 e. The molecule has 0 spiro atoms. The van der Waals surface area contributed by atoms with Gasteiger partial charge in [-0.05, 0) is 74.7 Å². The summed E-state index contributed by atoms with van der Waals surface area (Å²) in [6, 6.07) is 17.3. The Morgan fingerprint density at radius 3 is 2.30 bits per heavy atom. The molecule has 0 radical (unpaired) electrons. The number of esters is 2. The van der Waals surface area contributed by atoms with E-state index < -0.39 is 12.0 Å². The zero-order chi connectivity index (χ0) is 33.0. The fraction of sp³-hybridized carbons (Fsp3) is 0.257. The van der Waals surface area contributed by atoms with Gasteiger partial charge in [0.1, 0.15) is 6.61 Å². The predicted octanol–water partition coefficient (Wildman–Crippen LogP) is 5.52. The number of rotatable bonds is 10. The average Bonchev–Trinajstić information content (AvgIpc) is 3.34. The first kappa shape index (κ1) is 32.7. The van der Waals surface area contributed by atoms with E-state index >= 15 is 0 Å². The molecule has 1 atom stereocenters. The van der Waals surface area contributed by atoms with Crippen LogP contribution in [-0.4, -0.2) is 36.8 Å². The highest BCUT2D eigenvalue weighted by molar-refractivity contribution is 7.07. The third kappa shape index (κ3) is 6.78. The van der Waals surface area contributed by atoms with Gasteiger partial charge >= 0.3 is 11.9 Å². The van der Waals surface area contributed by atoms with E-state index in [4.69, 9.17) is 30.5 Å². The van der Waals surface area contributed by atoms with Crippen LogP contribution in [0.5, 0.6) is 11.5 Å². The van der Waals surface area contributed by atoms with E-state index in [0.29, 0.717) is 54.9 Å². The zero-order valence-electron chi connectivity index (χ0n) is 26.1. The number of hydrogen-bond donors (Lipinski definition) is 0. The van der Waals surface area contributed by atoms with E-state index in [9.17, 15) is 14.4 Å². The minimum atomic E-state index is -0.696. The molecule has 2 heterocycles. The van der Waals surface area contributed by atoms with Gasteiger partial charge in [0, 0.05) is 0 Å². The first-order valence-corrected chi connectivity index (χ1v) is 15.9. The number of allylic oxidation sites excluding steroid dienone is 1. The lowest BCUT2D eigenvalue weighted by molar-refractivity contribution is -0.139. The second kappa shape index (κ2) is 14.2. The fourth-order valence-corrected chi connectivity index (χ4v) is 6.40. The summed E-state index contributed by atoms with van der Waals surface area (Å²) in [7, 11) is 1.51. The molecule has 0 N–H and O–H groups in total. The SMILES string of the molecule is CCOC(=O)C1=C(C)N=c2s/c(=C\c3cc(Cl)c(OCc4ccc(C(=O)OCC)cc4)c(OC)c3)c(=O)n2[C@H]1c1ccc(C)cc1. The molecule has 1 aliphatic rings. The van der Waals surface area contributed by atoms with Gasteiger partial charge in [0.25, 0.3) is 5.56 Å². The molecule has 0 saturated heterocycles. The van der Waals surface area contributed by atoms with Crippen LogP contribution in [0.1, 0.15) is 59.4 Å². The number of nitrogens with zero attached hydrogens (tertiary/aromatic N) is 2. The minimum absolute atomic E-state index is 0.179. The summed E-state index contributed by atoms with van der Waals surface area (Å²) in [4.78, 5) is 44.1. The van der Waals surface area contributed by atoms with Crippen LogP contribution in [0.3, 0.4) is 0 Å². The number of aromatic nitrogens is 1. The van der Waals surface area contributed by atoms with Gasteiger partial charge in [-0.15, -0.1) is 0 Å². The van der Waals surface area contributed by atoms with Crippen LogP contribution < -0.4 is 24.4 Å². The number of aryl methyl sites for hydroxylation is 1. The lowest BCUT2D eigenvalue weighted by atomic mass is 9.95. The molecule has 4 aromatic rings. The third-order valence-corrected chi connectivity index (χ3v) is 8.57. The van der Waals surface area contributed by atoms with Crippen LogP contribution in [0.4, 0.5) is 0 Å². The number of carbonyl (C=O) groups is 2. The number of ether oxygens (including phenoxy) is 4. The van der Waals surface area contributed by atoms with Crippen molar-refractivity contribution in [1.82, 2.24) is 4.57 Å². The molecule has 0 aliphatic carbocycles. The van der Waals surface area contributed by atoms with Gasteiger partial charge in [-0.3, -0.25) is 9.36 Å². The summed E-state index contributed by atoms with van der Waals surface area (Å²) < 4.78 is 24.0. The molecule has 0 unspecified atom stereocenters. The maximum atomic E-state index is 14.0. The molecule has 1 aliphatic heterocycles. The number of methoxy groups -OCH3 is 1. The number of carbonyl (C=O) groups excluding carboxylic acids is 2. The fourth-order valence-electron chi connectivity index (χ4n) is 5.08. The number of benzene rings is 3. The molecule has 46 heavy (non-hydrogen) atoms. The largest absolute Gasteiger partial charge is 0.493 e. The summed E-state index contributed by atoms with van der Waals surface area (Å²) >= 11 is 7.88. The lowest BCUT2D eigenvalue weighted by Crippen LogP contribution is -2.39. The van der Waals surface area contributed by atoms with Crippen molar-refractivity contribution in [2.45, 2.75) is 40.3 Å². The van der Waals surface area contributed by atoms with Crippen molar-refractivity contribution in [2.24, 2.45) is 4.99 Å². The van der Waals surface area contributed by atoms with Crippen molar-refractivity contribution in [3.05, 3.63) is 124 Å². The predicted molar refractivity (Wildman–Crippen MR) is 176 cm³/mol. The molecular weight excluding hydrogens is 628 g/mol. The number of fused-ring (bicyclic) bond motifs is 1. The van der Waals surface area contributed by atoms with E-state index in [1.807, 2.05) is 31.2 Å². The minimum Gasteiger partial charge on any atom is -0.493 e. The standard InChI is InChI=1S/C35H33ClN2O7S/c1-6-43-33(40)25-14-10-22(11-15-25)19-45-31-26(36)16-23(17-27(31)42-5)18-28-32(39)38-30(24-12-8-20(3)9-13-24)29(34(41)44-7-2)21(4)37-35(38)46-28/h8-18,30H,6-7,19H2,1-5H3/b28-18-/t30-/m0/s1. The van der Waals surface area contributed by atoms with Crippen molar-refractivity contribution in [3.63, 3.8) is 0 Å². The molecule has 0 bridgehead atoms. The van der Waals surface area contributed by atoms with Gasteiger partial charge in [-0.1, -0.05) is 64.9 Å². The van der Waals surface area contributed by atoms with Gasteiger partial charge in [0.15, 0.2) is 16.3 Å². The molecule has 9 nitrogen and oxygen atoms in total. The van der Waals surface area contributed by atoms with Crippen molar-refractivity contribution in [1.29, 1.82) is 0 Å². The van der Waals surface area contributed by atoms with E-state index in [1.54, 1.807) is 67.8 Å². The molecule has 5 rings (SSSR count). The first-order chi connectivity index (χ1) is 22.1. The van der Waals surface area contributed by atoms with Crippen LogP contribution >= 0.6 is 22.9 Å². The van der Waals surface area contributed by atoms with Gasteiger partial charge in [-0.25, -0.2) is 14.6 Å². The van der Waals surface area contributed by atoms with Crippen molar-refractivity contribution >= 4 is 41.0 Å². The molecule has 3 aromatic carbocycles. The molecule has 1 aromatic heterocycles. The van der Waals surface area contributed by atoms with Crippen molar-refractivity contribution in [3.8, 4) is 11.5 Å². The molecular formula is C35H33ClN2O7S. The Kier molecular flexibility index (Phi) is 10.1. The monoisotopic (exact) mass is 660 g/mol. The van der Waals surface area contributed by atoms with E-state index in [1.165, 1.54) is 18.4 Å². The van der Waals surface area contributed by atoms with Gasteiger partial charge in [0.2, 0.25) is 0 Å². The molecule has 0 saturated carbocycles. The Morgan fingerprint density at radius 2 is 1.65 bits per heavy atom. The topological polar surface area (TPSA) is 105 Å². The highest BCUT2D eigenvalue weighted by Crippen LogP contribution is 2.37. The normalized spacial score (nSPS) is 14.4. The number of halogens is 1. The molecule has 0 amide bonds. The summed E-state index contributed by atoms with van der Waals surface area (Å²) in [6.45, 7) is 7.90. The van der Waals surface area contributed by atoms with Crippen LogP contribution in [0.2, 0.25) is 5.02 Å². The maximum Gasteiger partial charge on any atom is 0.338 e. The van der Waals surface area contributed by atoms with Crippen LogP contribution in [0.25, 0.3) is 6.08 Å². The Balaban J connectivity index is 1.49. The summed E-state index contributed by atoms with van der Waals surface area (Å²) in [5, 5.41) is 0.291. The van der Waals surface area contributed by atoms with Crippen molar-refractivity contribution in [2.75, 3.05) is 20.3 Å². The van der Waals surface area contributed by atoms with Gasteiger partial charge < -0.3 is 18.9 Å². The quantitative estimate of drug-likeness (QED) is 0.206. The van der Waals surface area contributed by atoms with Crippen LogP contribution in [0.15, 0.2) is 81.7 Å². The number of thiazole rings is 1. The lowest BCUT2D eigenvalue weighted by Gasteiger charge is -2.24. The Hall–Kier alpha value is -4.67. The molecule has 238 valence electrons. The summed E-state index contributed by atoms with van der Waals surface area (Å²) in [6.07, 6.45) is 1.71. The van der Waals surface area contributed by atoms with E-state index in [0.717, 1.165) is 16.7 Å². The van der Waals surface area contributed by atoms with Crippen LogP contribution in [-0.2, 0) is 20.9 Å². The Bertz CT molecular complexity index is 1990. The highest BCUT2D eigenvalue weighted by Gasteiger charge is 2.33. The average molecular weight is 661 g/mol. The van der Waals surface area contributed by atoms with Crippen LogP contribution in [0, 0.1) is 6.92 Å². The summed E-state index contributed by atoms with van der Waals surface area (Å²) in [5.74, 6) is -0.174. The Labute approximate surface area is 275 Å². The first-order valence-electron chi connectivity index (χ1n) is 14.7. The zero-order valence-corrected chi connectivity index (χ0v) is 27.7. The second-order valence-electron chi connectivity index (χ2n) is 10.5. The molecule has 0 fully saturated rings. The molecule has 11 heteroatoms. The van der Waals surface area contributed by atoms with E-state index in [-0.39, 0.29) is 24.7 Å². The third-order valence-electron chi connectivity index (χ3n) is 7.31. The Morgan fingerprint density at radius 1 is 0.978 bits per heavy atom. The summed E-state index contributed by atoms with van der Waals surface area (Å²) in [5.41, 5.74) is 4.24. The van der Waals surface area contributed by atoms with Gasteiger partial charge in [0.05, 0.1) is 52.8 Å². The second-order valence-corrected chi connectivity index (χ2v) is 11.9. The maximum absolute atomic E-state index is 14.0. The number of hydrogen-bond acceptors (Lipinski definition) is 9. The van der Waals surface area contributed by atoms with Crippen molar-refractivity contribution < 1.29 is 28.5 Å². The van der Waals surface area contributed by atoms with E-state index in [2.05, 4.69) is 4.99 Å². The van der Waals surface area contributed by atoms with Gasteiger partial charge in [-0.2, -0.15) is 0 Å². The highest BCUT2D eigenvalue weighted by atomic mass is 35.5.